The maximum Gasteiger partial charge on any atom is 0.136 e. The summed E-state index contributed by atoms with van der Waals surface area (Å²) in [6.07, 6.45) is -0.116. The first-order chi connectivity index (χ1) is 9.10. The predicted molar refractivity (Wildman–Crippen MR) is 82.5 cm³/mol. The summed E-state index contributed by atoms with van der Waals surface area (Å²) in [5, 5.41) is 0. The van der Waals surface area contributed by atoms with Crippen LogP contribution in [0.15, 0.2) is 46.9 Å². The molecule has 2 rings (SSSR count). The van der Waals surface area contributed by atoms with Gasteiger partial charge in [-0.3, -0.25) is 0 Å². The van der Waals surface area contributed by atoms with Gasteiger partial charge in [0.1, 0.15) is 11.9 Å². The molecule has 0 saturated carbocycles. The molecule has 100 valence electrons. The maximum absolute atomic E-state index is 6.04. The topological polar surface area (TPSA) is 35.2 Å². The summed E-state index contributed by atoms with van der Waals surface area (Å²) in [4.78, 5) is 0. The van der Waals surface area contributed by atoms with Crippen LogP contribution in [0.25, 0.3) is 0 Å². The second-order valence-electron chi connectivity index (χ2n) is 4.66. The summed E-state index contributed by atoms with van der Waals surface area (Å²) in [5.41, 5.74) is 9.29. The van der Waals surface area contributed by atoms with Gasteiger partial charge in [0.05, 0.1) is 0 Å². The van der Waals surface area contributed by atoms with Crippen LogP contribution in [0, 0.1) is 13.8 Å². The largest absolute Gasteiger partial charge is 0.484 e. The first-order valence-electron chi connectivity index (χ1n) is 6.29. The van der Waals surface area contributed by atoms with Crippen molar-refractivity contribution in [3.05, 3.63) is 63.6 Å². The molecule has 0 aliphatic rings. The Morgan fingerprint density at radius 1 is 1.11 bits per heavy atom. The van der Waals surface area contributed by atoms with Gasteiger partial charge in [0.15, 0.2) is 0 Å². The molecule has 2 aromatic carbocycles. The van der Waals surface area contributed by atoms with E-state index in [1.54, 1.807) is 0 Å². The fourth-order valence-electron chi connectivity index (χ4n) is 2.01. The van der Waals surface area contributed by atoms with Crippen molar-refractivity contribution >= 4 is 15.9 Å². The van der Waals surface area contributed by atoms with Crippen LogP contribution < -0.4 is 10.5 Å². The molecule has 2 nitrogen and oxygen atoms in total. The molecule has 0 bridgehead atoms. The van der Waals surface area contributed by atoms with E-state index in [1.165, 1.54) is 5.56 Å². The van der Waals surface area contributed by atoms with Crippen LogP contribution in [0.5, 0.6) is 5.75 Å². The zero-order valence-corrected chi connectivity index (χ0v) is 12.8. The lowest BCUT2D eigenvalue weighted by Crippen LogP contribution is -2.18. The second kappa shape index (κ2) is 6.22. The van der Waals surface area contributed by atoms with Crippen molar-refractivity contribution in [1.29, 1.82) is 0 Å². The highest BCUT2D eigenvalue weighted by Gasteiger charge is 2.12. The van der Waals surface area contributed by atoms with Crippen LogP contribution in [-0.4, -0.2) is 6.54 Å². The van der Waals surface area contributed by atoms with Gasteiger partial charge < -0.3 is 10.5 Å². The number of benzene rings is 2. The Labute approximate surface area is 122 Å². The van der Waals surface area contributed by atoms with E-state index in [-0.39, 0.29) is 6.10 Å². The van der Waals surface area contributed by atoms with Crippen molar-refractivity contribution in [2.75, 3.05) is 6.54 Å². The fourth-order valence-corrected chi connectivity index (χ4v) is 2.28. The minimum Gasteiger partial charge on any atom is -0.484 e. The van der Waals surface area contributed by atoms with Crippen LogP contribution >= 0.6 is 15.9 Å². The molecule has 0 aliphatic heterocycles. The predicted octanol–water partition coefficient (Wildman–Crippen LogP) is 4.14. The van der Waals surface area contributed by atoms with Gasteiger partial charge in [-0.05, 0) is 43.2 Å². The third-order valence-corrected chi connectivity index (χ3v) is 3.58. The normalized spacial score (nSPS) is 12.2. The number of halogens is 1. The Hall–Kier alpha value is -1.32. The maximum atomic E-state index is 6.04. The molecule has 0 saturated heterocycles. The standard InChI is InChI=1S/C16H18BrNO/c1-11-3-8-15(12(2)9-11)19-16(10-18)13-4-6-14(17)7-5-13/h3-9,16H,10,18H2,1-2H3. The van der Waals surface area contributed by atoms with E-state index in [4.69, 9.17) is 10.5 Å². The van der Waals surface area contributed by atoms with Gasteiger partial charge in [0, 0.05) is 11.0 Å². The molecule has 2 aromatic rings. The number of hydrogen-bond acceptors (Lipinski definition) is 2. The fraction of sp³-hybridized carbons (Fsp3) is 0.250. The van der Waals surface area contributed by atoms with E-state index in [9.17, 15) is 0 Å². The molecule has 0 spiro atoms. The summed E-state index contributed by atoms with van der Waals surface area (Å²) in [5.74, 6) is 0.893. The Morgan fingerprint density at radius 3 is 2.37 bits per heavy atom. The van der Waals surface area contributed by atoms with E-state index in [2.05, 4.69) is 41.9 Å². The van der Waals surface area contributed by atoms with Crippen molar-refractivity contribution in [3.63, 3.8) is 0 Å². The number of aryl methyl sites for hydroxylation is 2. The van der Waals surface area contributed by atoms with Crippen LogP contribution in [-0.2, 0) is 0 Å². The van der Waals surface area contributed by atoms with Gasteiger partial charge in [-0.1, -0.05) is 45.8 Å². The summed E-state index contributed by atoms with van der Waals surface area (Å²) in [6, 6.07) is 14.2. The Balaban J connectivity index is 2.21. The van der Waals surface area contributed by atoms with Crippen LogP contribution in [0.3, 0.4) is 0 Å². The molecule has 2 N–H and O–H groups in total. The minimum absolute atomic E-state index is 0.116. The third-order valence-electron chi connectivity index (χ3n) is 3.06. The third kappa shape index (κ3) is 3.58. The van der Waals surface area contributed by atoms with Crippen LogP contribution in [0.4, 0.5) is 0 Å². The lowest BCUT2D eigenvalue weighted by molar-refractivity contribution is 0.213. The molecule has 1 atom stereocenters. The number of ether oxygens (including phenoxy) is 1. The summed E-state index contributed by atoms with van der Waals surface area (Å²) in [7, 11) is 0. The molecule has 1 unspecified atom stereocenters. The monoisotopic (exact) mass is 319 g/mol. The van der Waals surface area contributed by atoms with Gasteiger partial charge in [0.2, 0.25) is 0 Å². The van der Waals surface area contributed by atoms with E-state index < -0.39 is 0 Å². The molecular formula is C16H18BrNO. The lowest BCUT2D eigenvalue weighted by Gasteiger charge is -2.19. The summed E-state index contributed by atoms with van der Waals surface area (Å²) < 4.78 is 7.09. The minimum atomic E-state index is -0.116. The van der Waals surface area contributed by atoms with Gasteiger partial charge in [0.25, 0.3) is 0 Å². The summed E-state index contributed by atoms with van der Waals surface area (Å²) >= 11 is 3.43. The van der Waals surface area contributed by atoms with Gasteiger partial charge >= 0.3 is 0 Å². The SMILES string of the molecule is Cc1ccc(OC(CN)c2ccc(Br)cc2)c(C)c1. The molecule has 0 aliphatic carbocycles. The van der Waals surface area contributed by atoms with Gasteiger partial charge in [-0.15, -0.1) is 0 Å². The highest BCUT2D eigenvalue weighted by atomic mass is 79.9. The van der Waals surface area contributed by atoms with Crippen LogP contribution in [0.1, 0.15) is 22.8 Å². The zero-order valence-electron chi connectivity index (χ0n) is 11.2. The van der Waals surface area contributed by atoms with Crippen molar-refractivity contribution in [1.82, 2.24) is 0 Å². The number of nitrogens with two attached hydrogens (primary N) is 1. The van der Waals surface area contributed by atoms with Crippen LogP contribution in [0.2, 0.25) is 0 Å². The van der Waals surface area contributed by atoms with E-state index >= 15 is 0 Å². The average Bonchev–Trinajstić information content (AvgIpc) is 2.39. The zero-order chi connectivity index (χ0) is 13.8. The molecule has 0 fully saturated rings. The van der Waals surface area contributed by atoms with Gasteiger partial charge in [-0.2, -0.15) is 0 Å². The Kier molecular flexibility index (Phi) is 4.61. The molecule has 19 heavy (non-hydrogen) atoms. The average molecular weight is 320 g/mol. The van der Waals surface area contributed by atoms with Crippen molar-refractivity contribution < 1.29 is 4.74 Å². The van der Waals surface area contributed by atoms with Crippen molar-refractivity contribution in [2.45, 2.75) is 20.0 Å². The molecular weight excluding hydrogens is 302 g/mol. The van der Waals surface area contributed by atoms with Crippen molar-refractivity contribution in [2.24, 2.45) is 5.73 Å². The first kappa shape index (κ1) is 14.1. The highest BCUT2D eigenvalue weighted by Crippen LogP contribution is 2.26. The highest BCUT2D eigenvalue weighted by molar-refractivity contribution is 9.10. The second-order valence-corrected chi connectivity index (χ2v) is 5.58. The first-order valence-corrected chi connectivity index (χ1v) is 7.09. The lowest BCUT2D eigenvalue weighted by atomic mass is 10.1. The summed E-state index contributed by atoms with van der Waals surface area (Å²) in [6.45, 7) is 4.58. The molecule has 0 aromatic heterocycles. The Morgan fingerprint density at radius 2 is 1.79 bits per heavy atom. The van der Waals surface area contributed by atoms with E-state index in [0.29, 0.717) is 6.54 Å². The molecule has 3 heteroatoms. The van der Waals surface area contributed by atoms with Crippen molar-refractivity contribution in [3.8, 4) is 5.75 Å². The molecule has 0 radical (unpaired) electrons. The quantitative estimate of drug-likeness (QED) is 0.919. The molecule has 0 heterocycles. The number of rotatable bonds is 4. The molecule has 0 amide bonds. The number of hydrogen-bond donors (Lipinski definition) is 1. The van der Waals surface area contributed by atoms with E-state index in [1.807, 2.05) is 30.3 Å². The Bertz CT molecular complexity index is 551. The van der Waals surface area contributed by atoms with Gasteiger partial charge in [-0.25, -0.2) is 0 Å². The smallest absolute Gasteiger partial charge is 0.136 e. The van der Waals surface area contributed by atoms with E-state index in [0.717, 1.165) is 21.3 Å².